The van der Waals surface area contributed by atoms with Gasteiger partial charge in [-0.1, -0.05) is 6.07 Å². The number of aromatic nitrogens is 2. The Hall–Kier alpha value is -3.49. The van der Waals surface area contributed by atoms with Crippen LogP contribution in [0.2, 0.25) is 0 Å². The first-order valence-corrected chi connectivity index (χ1v) is 8.71. The van der Waals surface area contributed by atoms with Gasteiger partial charge in [0.05, 0.1) is 12.1 Å². The van der Waals surface area contributed by atoms with Gasteiger partial charge in [0, 0.05) is 30.8 Å². The number of nitrogens with zero attached hydrogens (tertiary/aromatic N) is 2. The van der Waals surface area contributed by atoms with Crippen LogP contribution in [-0.2, 0) is 24.6 Å². The zero-order valence-corrected chi connectivity index (χ0v) is 15.5. The smallest absolute Gasteiger partial charge is 0.416 e. The first-order valence-electron chi connectivity index (χ1n) is 8.71. The number of carbonyl (C=O) groups excluding carboxylic acids is 1. The quantitative estimate of drug-likeness (QED) is 0.623. The number of amides is 1. The summed E-state index contributed by atoms with van der Waals surface area (Å²) in [6, 6.07) is 11.5. The van der Waals surface area contributed by atoms with Crippen LogP contribution in [0.25, 0.3) is 0 Å². The van der Waals surface area contributed by atoms with Crippen molar-refractivity contribution in [3.63, 3.8) is 0 Å². The van der Waals surface area contributed by atoms with Gasteiger partial charge < -0.3 is 19.9 Å². The van der Waals surface area contributed by atoms with E-state index < -0.39 is 11.7 Å². The number of imidazole rings is 1. The van der Waals surface area contributed by atoms with E-state index in [0.717, 1.165) is 18.0 Å². The van der Waals surface area contributed by atoms with Gasteiger partial charge in [-0.3, -0.25) is 4.79 Å². The van der Waals surface area contributed by atoms with Crippen LogP contribution in [-0.4, -0.2) is 22.0 Å². The third-order valence-corrected chi connectivity index (χ3v) is 4.07. The summed E-state index contributed by atoms with van der Waals surface area (Å²) in [6.07, 6.45) is -0.921. The molecule has 0 atom stereocenters. The molecule has 3 rings (SSSR count). The zero-order chi connectivity index (χ0) is 20.9. The van der Waals surface area contributed by atoms with Crippen LogP contribution in [0.4, 0.5) is 24.5 Å². The van der Waals surface area contributed by atoms with E-state index in [4.69, 9.17) is 4.74 Å². The summed E-state index contributed by atoms with van der Waals surface area (Å²) < 4.78 is 45.6. The maximum Gasteiger partial charge on any atom is 0.416 e. The molecule has 0 fully saturated rings. The molecule has 1 aromatic heterocycles. The van der Waals surface area contributed by atoms with Gasteiger partial charge in [-0.2, -0.15) is 13.2 Å². The third-order valence-electron chi connectivity index (χ3n) is 4.07. The second-order valence-corrected chi connectivity index (χ2v) is 6.25. The molecule has 2 aromatic carbocycles. The van der Waals surface area contributed by atoms with E-state index in [2.05, 4.69) is 15.6 Å². The molecule has 0 aliphatic carbocycles. The lowest BCUT2D eigenvalue weighted by atomic mass is 10.2. The SMILES string of the molecule is Cn1ccnc1COc1ccc(NC(=O)CNc2cccc(C(F)(F)F)c2)cc1. The van der Waals surface area contributed by atoms with E-state index in [1.807, 2.05) is 17.8 Å². The highest BCUT2D eigenvalue weighted by Crippen LogP contribution is 2.30. The number of aryl methyl sites for hydroxylation is 1. The van der Waals surface area contributed by atoms with Crippen molar-refractivity contribution in [3.8, 4) is 5.75 Å². The van der Waals surface area contributed by atoms with Crippen LogP contribution < -0.4 is 15.4 Å². The van der Waals surface area contributed by atoms with E-state index in [9.17, 15) is 18.0 Å². The maximum absolute atomic E-state index is 12.7. The van der Waals surface area contributed by atoms with E-state index in [0.29, 0.717) is 18.0 Å². The number of hydrogen-bond donors (Lipinski definition) is 2. The monoisotopic (exact) mass is 404 g/mol. The fourth-order valence-electron chi connectivity index (χ4n) is 2.51. The molecule has 1 amide bonds. The van der Waals surface area contributed by atoms with Crippen molar-refractivity contribution in [3.05, 3.63) is 72.3 Å². The molecule has 3 aromatic rings. The van der Waals surface area contributed by atoms with Gasteiger partial charge >= 0.3 is 6.18 Å². The van der Waals surface area contributed by atoms with Gasteiger partial charge in [0.15, 0.2) is 0 Å². The molecule has 0 saturated carbocycles. The second kappa shape index (κ2) is 8.68. The molecular weight excluding hydrogens is 385 g/mol. The summed E-state index contributed by atoms with van der Waals surface area (Å²) in [5.74, 6) is 1.01. The number of nitrogens with one attached hydrogen (secondary N) is 2. The Morgan fingerprint density at radius 2 is 1.90 bits per heavy atom. The van der Waals surface area contributed by atoms with Crippen LogP contribution in [0.5, 0.6) is 5.75 Å². The number of rotatable bonds is 7. The minimum Gasteiger partial charge on any atom is -0.486 e. The number of ether oxygens (including phenoxy) is 1. The predicted molar refractivity (Wildman–Crippen MR) is 103 cm³/mol. The minimum atomic E-state index is -4.43. The topological polar surface area (TPSA) is 68.2 Å². The molecule has 1 heterocycles. The number of anilines is 2. The van der Waals surface area contributed by atoms with Crippen molar-refractivity contribution in [1.82, 2.24) is 9.55 Å². The second-order valence-electron chi connectivity index (χ2n) is 6.25. The van der Waals surface area contributed by atoms with Crippen LogP contribution >= 0.6 is 0 Å². The van der Waals surface area contributed by atoms with Crippen LogP contribution in [0, 0.1) is 0 Å². The van der Waals surface area contributed by atoms with E-state index in [-0.39, 0.29) is 18.1 Å². The maximum atomic E-state index is 12.7. The summed E-state index contributed by atoms with van der Waals surface area (Å²) in [5, 5.41) is 5.35. The van der Waals surface area contributed by atoms with Crippen molar-refractivity contribution in [1.29, 1.82) is 0 Å². The standard InChI is InChI=1S/C20H19F3N4O2/c1-27-10-9-24-18(27)13-29-17-7-5-15(6-8-17)26-19(28)12-25-16-4-2-3-14(11-16)20(21,22)23/h2-11,25H,12-13H2,1H3,(H,26,28). The molecule has 152 valence electrons. The highest BCUT2D eigenvalue weighted by Gasteiger charge is 2.30. The molecule has 0 aliphatic rings. The normalized spacial score (nSPS) is 11.2. The van der Waals surface area contributed by atoms with Crippen molar-refractivity contribution in [2.75, 3.05) is 17.2 Å². The fraction of sp³-hybridized carbons (Fsp3) is 0.200. The van der Waals surface area contributed by atoms with Gasteiger partial charge in [0.2, 0.25) is 5.91 Å². The Morgan fingerprint density at radius 3 is 2.55 bits per heavy atom. The van der Waals surface area contributed by atoms with Gasteiger partial charge in [-0.25, -0.2) is 4.98 Å². The Labute approximate surface area is 165 Å². The van der Waals surface area contributed by atoms with E-state index >= 15 is 0 Å². The molecule has 9 heteroatoms. The van der Waals surface area contributed by atoms with Crippen LogP contribution in [0.3, 0.4) is 0 Å². The van der Waals surface area contributed by atoms with Gasteiger partial charge in [0.1, 0.15) is 18.2 Å². The summed E-state index contributed by atoms with van der Waals surface area (Å²) in [6.45, 7) is 0.148. The van der Waals surface area contributed by atoms with Gasteiger partial charge in [-0.05, 0) is 42.5 Å². The molecule has 29 heavy (non-hydrogen) atoms. The highest BCUT2D eigenvalue weighted by atomic mass is 19.4. The Kier molecular flexibility index (Phi) is 6.06. The number of carbonyl (C=O) groups is 1. The van der Waals surface area contributed by atoms with Gasteiger partial charge in [-0.15, -0.1) is 0 Å². The Bertz CT molecular complexity index is 968. The molecule has 0 spiro atoms. The van der Waals surface area contributed by atoms with Crippen molar-refractivity contribution in [2.24, 2.45) is 7.05 Å². The molecule has 0 unspecified atom stereocenters. The van der Waals surface area contributed by atoms with Crippen LogP contribution in [0.15, 0.2) is 60.9 Å². The predicted octanol–water partition coefficient (Wildman–Crippen LogP) is 4.07. The lowest BCUT2D eigenvalue weighted by Crippen LogP contribution is -2.21. The largest absolute Gasteiger partial charge is 0.486 e. The van der Waals surface area contributed by atoms with Gasteiger partial charge in [0.25, 0.3) is 0 Å². The average Bonchev–Trinajstić information content (AvgIpc) is 3.10. The fourth-order valence-corrected chi connectivity index (χ4v) is 2.51. The third kappa shape index (κ3) is 5.74. The summed E-state index contributed by atoms with van der Waals surface area (Å²) >= 11 is 0. The molecule has 0 bridgehead atoms. The Morgan fingerprint density at radius 1 is 1.14 bits per heavy atom. The minimum absolute atomic E-state index is 0.168. The summed E-state index contributed by atoms with van der Waals surface area (Å²) in [7, 11) is 1.87. The molecule has 6 nitrogen and oxygen atoms in total. The van der Waals surface area contributed by atoms with E-state index in [1.54, 1.807) is 30.5 Å². The van der Waals surface area contributed by atoms with Crippen molar-refractivity contribution >= 4 is 17.3 Å². The summed E-state index contributed by atoms with van der Waals surface area (Å²) in [4.78, 5) is 16.2. The molecule has 0 radical (unpaired) electrons. The number of alkyl halides is 3. The highest BCUT2D eigenvalue weighted by molar-refractivity contribution is 5.93. The molecule has 0 aliphatic heterocycles. The zero-order valence-electron chi connectivity index (χ0n) is 15.5. The first kappa shape index (κ1) is 20.2. The van der Waals surface area contributed by atoms with Crippen molar-refractivity contribution < 1.29 is 22.7 Å². The average molecular weight is 404 g/mol. The van der Waals surface area contributed by atoms with Crippen LogP contribution in [0.1, 0.15) is 11.4 Å². The number of benzene rings is 2. The lowest BCUT2D eigenvalue weighted by Gasteiger charge is -2.11. The summed E-state index contributed by atoms with van der Waals surface area (Å²) in [5.41, 5.74) is -0.0118. The Balaban J connectivity index is 1.49. The lowest BCUT2D eigenvalue weighted by molar-refractivity contribution is -0.137. The first-order chi connectivity index (χ1) is 13.8. The number of hydrogen-bond acceptors (Lipinski definition) is 4. The van der Waals surface area contributed by atoms with E-state index in [1.165, 1.54) is 12.1 Å². The van der Waals surface area contributed by atoms with Crippen molar-refractivity contribution in [2.45, 2.75) is 12.8 Å². The molecule has 0 saturated heterocycles. The number of halogens is 3. The molecular formula is C20H19F3N4O2. The molecule has 2 N–H and O–H groups in total.